The van der Waals surface area contributed by atoms with E-state index in [-0.39, 0.29) is 16.2 Å². The van der Waals surface area contributed by atoms with Crippen molar-refractivity contribution in [3.05, 3.63) is 74.6 Å². The summed E-state index contributed by atoms with van der Waals surface area (Å²) < 4.78 is 17.2. The number of nitriles is 1. The van der Waals surface area contributed by atoms with Crippen LogP contribution in [0.15, 0.2) is 58.7 Å². The van der Waals surface area contributed by atoms with Crippen molar-refractivity contribution in [3.63, 3.8) is 0 Å². The molecule has 1 aromatic heterocycles. The third-order valence-corrected chi connectivity index (χ3v) is 5.70. The summed E-state index contributed by atoms with van der Waals surface area (Å²) in [5, 5.41) is 10.5. The number of hydrogen-bond acceptors (Lipinski definition) is 7. The van der Waals surface area contributed by atoms with Crippen LogP contribution in [0.1, 0.15) is 17.0 Å². The zero-order chi connectivity index (χ0) is 19.8. The van der Waals surface area contributed by atoms with Gasteiger partial charge in [-0.3, -0.25) is 4.79 Å². The highest BCUT2D eigenvalue weighted by Crippen LogP contribution is 2.47. The van der Waals surface area contributed by atoms with Crippen LogP contribution in [0.2, 0.25) is 0 Å². The fourth-order valence-electron chi connectivity index (χ4n) is 3.44. The minimum absolute atomic E-state index is 0.0226. The predicted octanol–water partition coefficient (Wildman–Crippen LogP) is 3.50. The van der Waals surface area contributed by atoms with Gasteiger partial charge in [-0.05, 0) is 30.3 Å². The van der Waals surface area contributed by atoms with Gasteiger partial charge >= 0.3 is 0 Å². The maximum atomic E-state index is 13.1. The van der Waals surface area contributed by atoms with Crippen LogP contribution >= 0.6 is 11.3 Å². The molecule has 2 N–H and O–H groups in total. The molecule has 0 saturated carbocycles. The van der Waals surface area contributed by atoms with Crippen LogP contribution in [-0.2, 0) is 0 Å². The summed E-state index contributed by atoms with van der Waals surface area (Å²) >= 11 is 1.11. The van der Waals surface area contributed by atoms with Crippen LogP contribution in [0, 0.1) is 11.3 Å². The van der Waals surface area contributed by atoms with E-state index in [9.17, 15) is 10.1 Å². The van der Waals surface area contributed by atoms with Crippen LogP contribution in [0.4, 0.5) is 0 Å². The number of benzene rings is 2. The highest BCUT2D eigenvalue weighted by Gasteiger charge is 2.36. The van der Waals surface area contributed by atoms with Crippen molar-refractivity contribution in [3.8, 4) is 23.3 Å². The molecule has 2 aromatic carbocycles. The van der Waals surface area contributed by atoms with Gasteiger partial charge in [0, 0.05) is 15.6 Å². The molecule has 0 saturated heterocycles. The lowest BCUT2D eigenvalue weighted by atomic mass is 9.83. The van der Waals surface area contributed by atoms with E-state index < -0.39 is 5.92 Å². The lowest BCUT2D eigenvalue weighted by molar-refractivity contribution is 0.386. The van der Waals surface area contributed by atoms with E-state index in [0.29, 0.717) is 28.4 Å². The van der Waals surface area contributed by atoms with Gasteiger partial charge in [0.25, 0.3) is 0 Å². The summed E-state index contributed by atoms with van der Waals surface area (Å²) in [4.78, 5) is 13.1. The average Bonchev–Trinajstić information content (AvgIpc) is 2.72. The van der Waals surface area contributed by atoms with Crippen LogP contribution < -0.4 is 24.7 Å². The van der Waals surface area contributed by atoms with E-state index in [1.165, 1.54) is 7.11 Å². The Morgan fingerprint density at radius 1 is 1.18 bits per heavy atom. The number of allylic oxidation sites excluding steroid dienone is 1. The standard InChI is InChI=1S/C21H16N2O4S/c1-25-11-7-8-15(26-2)13(9-11)17-14(10-22)20(23)27-19-12-5-3-4-6-16(12)28-21(24)18(17)19/h3-9,17H,23H2,1-2H3. The van der Waals surface area contributed by atoms with Crippen LogP contribution in [-0.4, -0.2) is 14.2 Å². The molecule has 140 valence electrons. The number of nitrogens with two attached hydrogens (primary N) is 1. The number of fused-ring (bicyclic) bond motifs is 3. The van der Waals surface area contributed by atoms with E-state index in [1.54, 1.807) is 25.3 Å². The Hall–Kier alpha value is -3.50. The molecule has 0 bridgehead atoms. The van der Waals surface area contributed by atoms with Gasteiger partial charge in [-0.25, -0.2) is 0 Å². The molecule has 0 aliphatic carbocycles. The van der Waals surface area contributed by atoms with Crippen molar-refractivity contribution in [1.29, 1.82) is 5.26 Å². The van der Waals surface area contributed by atoms with Crippen molar-refractivity contribution in [1.82, 2.24) is 0 Å². The Kier molecular flexibility index (Phi) is 4.41. The smallest absolute Gasteiger partial charge is 0.240 e. The zero-order valence-corrected chi connectivity index (χ0v) is 16.0. The number of rotatable bonds is 3. The number of ether oxygens (including phenoxy) is 3. The number of nitrogens with zero attached hydrogens (tertiary/aromatic N) is 1. The van der Waals surface area contributed by atoms with Gasteiger partial charge in [0.1, 0.15) is 28.9 Å². The van der Waals surface area contributed by atoms with Crippen molar-refractivity contribution in [2.75, 3.05) is 14.2 Å². The van der Waals surface area contributed by atoms with Crippen molar-refractivity contribution < 1.29 is 14.2 Å². The lowest BCUT2D eigenvalue weighted by Gasteiger charge is -2.27. The van der Waals surface area contributed by atoms with Gasteiger partial charge in [0.2, 0.25) is 10.6 Å². The molecule has 2 heterocycles. The molecule has 0 spiro atoms. The summed E-state index contributed by atoms with van der Waals surface area (Å²) in [6, 6.07) is 14.8. The summed E-state index contributed by atoms with van der Waals surface area (Å²) in [6.07, 6.45) is 0. The van der Waals surface area contributed by atoms with Gasteiger partial charge in [-0.1, -0.05) is 23.5 Å². The quantitative estimate of drug-likeness (QED) is 0.733. The Bertz CT molecular complexity index is 1220. The summed E-state index contributed by atoms with van der Waals surface area (Å²) in [5.74, 6) is 0.747. The van der Waals surface area contributed by atoms with Crippen LogP contribution in [0.5, 0.6) is 17.2 Å². The second kappa shape index (κ2) is 6.91. The summed E-state index contributed by atoms with van der Waals surface area (Å²) in [5.41, 5.74) is 7.26. The summed E-state index contributed by atoms with van der Waals surface area (Å²) in [7, 11) is 3.08. The monoisotopic (exact) mass is 392 g/mol. The van der Waals surface area contributed by atoms with Crippen LogP contribution in [0.3, 0.4) is 0 Å². The van der Waals surface area contributed by atoms with Crippen molar-refractivity contribution in [2.45, 2.75) is 5.92 Å². The van der Waals surface area contributed by atoms with Crippen molar-refractivity contribution in [2.24, 2.45) is 5.73 Å². The second-order valence-electron chi connectivity index (χ2n) is 6.16. The fraction of sp³-hybridized carbons (Fsp3) is 0.143. The first-order valence-electron chi connectivity index (χ1n) is 8.44. The predicted molar refractivity (Wildman–Crippen MR) is 107 cm³/mol. The van der Waals surface area contributed by atoms with E-state index in [2.05, 4.69) is 6.07 Å². The molecular weight excluding hydrogens is 376 g/mol. The van der Waals surface area contributed by atoms with Gasteiger partial charge in [-0.2, -0.15) is 5.26 Å². The Labute approximate surface area is 165 Å². The summed E-state index contributed by atoms with van der Waals surface area (Å²) in [6.45, 7) is 0. The highest BCUT2D eigenvalue weighted by molar-refractivity contribution is 7.16. The van der Waals surface area contributed by atoms with Gasteiger partial charge < -0.3 is 19.9 Å². The van der Waals surface area contributed by atoms with E-state index >= 15 is 0 Å². The zero-order valence-electron chi connectivity index (χ0n) is 15.2. The van der Waals surface area contributed by atoms with Gasteiger partial charge in [-0.15, -0.1) is 0 Å². The normalized spacial score (nSPS) is 15.5. The molecule has 1 atom stereocenters. The number of hydrogen-bond donors (Lipinski definition) is 1. The molecule has 6 nitrogen and oxygen atoms in total. The third kappa shape index (κ3) is 2.66. The first-order chi connectivity index (χ1) is 13.6. The van der Waals surface area contributed by atoms with E-state index in [0.717, 1.165) is 21.4 Å². The van der Waals surface area contributed by atoms with E-state index in [1.807, 2.05) is 24.3 Å². The molecule has 7 heteroatoms. The van der Waals surface area contributed by atoms with Gasteiger partial charge in [0.05, 0.1) is 25.7 Å². The van der Waals surface area contributed by atoms with Gasteiger partial charge in [0.15, 0.2) is 0 Å². The maximum Gasteiger partial charge on any atom is 0.240 e. The minimum Gasteiger partial charge on any atom is -0.497 e. The van der Waals surface area contributed by atoms with Crippen molar-refractivity contribution >= 4 is 21.4 Å². The molecular formula is C21H16N2O4S. The Morgan fingerprint density at radius 3 is 2.68 bits per heavy atom. The lowest BCUT2D eigenvalue weighted by Crippen LogP contribution is -2.25. The van der Waals surface area contributed by atoms with E-state index in [4.69, 9.17) is 19.9 Å². The molecule has 0 fully saturated rings. The largest absolute Gasteiger partial charge is 0.497 e. The number of methoxy groups -OCH3 is 2. The average molecular weight is 392 g/mol. The molecule has 0 radical (unpaired) electrons. The SMILES string of the molecule is COc1ccc(OC)c(C2C(C#N)=C(N)Oc3c2c(=O)sc2ccccc32)c1. The van der Waals surface area contributed by atoms with Crippen LogP contribution in [0.25, 0.3) is 10.1 Å². The third-order valence-electron chi connectivity index (χ3n) is 4.72. The molecule has 1 unspecified atom stereocenters. The molecule has 28 heavy (non-hydrogen) atoms. The molecule has 3 aromatic rings. The fourth-order valence-corrected chi connectivity index (χ4v) is 4.38. The second-order valence-corrected chi connectivity index (χ2v) is 7.18. The Balaban J connectivity index is 2.10. The molecule has 1 aliphatic rings. The maximum absolute atomic E-state index is 13.1. The molecule has 0 amide bonds. The minimum atomic E-state index is -0.716. The topological polar surface area (TPSA) is 94.6 Å². The first kappa shape index (κ1) is 17.9. The molecule has 1 aliphatic heterocycles. The molecule has 4 rings (SSSR count). The Morgan fingerprint density at radius 2 is 1.96 bits per heavy atom. The highest BCUT2D eigenvalue weighted by atomic mass is 32.1. The first-order valence-corrected chi connectivity index (χ1v) is 9.26.